The molecule has 0 radical (unpaired) electrons. The highest BCUT2D eigenvalue weighted by Gasteiger charge is 2.55. The van der Waals surface area contributed by atoms with Crippen molar-refractivity contribution in [2.75, 3.05) is 20.2 Å². The summed E-state index contributed by atoms with van der Waals surface area (Å²) in [5.74, 6) is 0.955. The van der Waals surface area contributed by atoms with E-state index in [1.165, 1.54) is 32.1 Å². The molecule has 1 spiro atoms. The zero-order valence-electron chi connectivity index (χ0n) is 13.4. The monoisotopic (exact) mass is 281 g/mol. The first-order valence-corrected chi connectivity index (χ1v) is 8.35. The third-order valence-electron chi connectivity index (χ3n) is 5.01. The van der Waals surface area contributed by atoms with Crippen molar-refractivity contribution in [3.63, 3.8) is 0 Å². The second-order valence-electron chi connectivity index (χ2n) is 6.17. The van der Waals surface area contributed by atoms with Crippen LogP contribution < -0.4 is 10.6 Å². The van der Waals surface area contributed by atoms with Crippen molar-refractivity contribution in [1.29, 1.82) is 0 Å². The minimum absolute atomic E-state index is 0.359. The molecule has 4 heteroatoms. The van der Waals surface area contributed by atoms with E-state index in [9.17, 15) is 0 Å². The van der Waals surface area contributed by atoms with E-state index in [1.54, 1.807) is 0 Å². The Balaban J connectivity index is 1.96. The molecule has 2 unspecified atom stereocenters. The van der Waals surface area contributed by atoms with E-state index >= 15 is 0 Å². The van der Waals surface area contributed by atoms with E-state index in [2.05, 4.69) is 29.5 Å². The summed E-state index contributed by atoms with van der Waals surface area (Å²) >= 11 is 0. The van der Waals surface area contributed by atoms with Gasteiger partial charge in [0.1, 0.15) is 0 Å². The van der Waals surface area contributed by atoms with Crippen molar-refractivity contribution in [2.24, 2.45) is 10.4 Å². The maximum Gasteiger partial charge on any atom is 0.191 e. The molecule has 2 atom stereocenters. The van der Waals surface area contributed by atoms with Gasteiger partial charge < -0.3 is 15.4 Å². The standard InChI is InChI=1S/C16H31N3O/c1-4-11-18-15(17-3)19-13-12-14(20-5-2)16(13)9-7-6-8-10-16/h13-14H,4-12H2,1-3H3,(H2,17,18,19). The van der Waals surface area contributed by atoms with E-state index in [1.807, 2.05) is 7.05 Å². The van der Waals surface area contributed by atoms with Gasteiger partial charge in [0, 0.05) is 31.7 Å². The van der Waals surface area contributed by atoms with Gasteiger partial charge in [0.2, 0.25) is 0 Å². The summed E-state index contributed by atoms with van der Waals surface area (Å²) in [7, 11) is 1.86. The number of aliphatic imine (C=N–C) groups is 1. The van der Waals surface area contributed by atoms with Crippen LogP contribution in [0.4, 0.5) is 0 Å². The highest BCUT2D eigenvalue weighted by atomic mass is 16.5. The van der Waals surface area contributed by atoms with Gasteiger partial charge in [-0.05, 0) is 32.6 Å². The lowest BCUT2D eigenvalue weighted by molar-refractivity contribution is -0.145. The summed E-state index contributed by atoms with van der Waals surface area (Å²) in [4.78, 5) is 4.35. The lowest BCUT2D eigenvalue weighted by Gasteiger charge is -2.57. The molecule has 20 heavy (non-hydrogen) atoms. The molecule has 0 saturated heterocycles. The van der Waals surface area contributed by atoms with Gasteiger partial charge >= 0.3 is 0 Å². The largest absolute Gasteiger partial charge is 0.378 e. The van der Waals surface area contributed by atoms with Crippen LogP contribution in [0, 0.1) is 5.41 Å². The average Bonchev–Trinajstić information content (AvgIpc) is 2.50. The normalized spacial score (nSPS) is 29.1. The van der Waals surface area contributed by atoms with E-state index in [-0.39, 0.29) is 0 Å². The van der Waals surface area contributed by atoms with Crippen molar-refractivity contribution in [2.45, 2.75) is 70.9 Å². The summed E-state index contributed by atoms with van der Waals surface area (Å²) < 4.78 is 6.00. The predicted octanol–water partition coefficient (Wildman–Crippen LogP) is 2.69. The molecule has 0 aromatic rings. The van der Waals surface area contributed by atoms with Crippen LogP contribution in [-0.4, -0.2) is 38.3 Å². The Hall–Kier alpha value is -0.770. The van der Waals surface area contributed by atoms with Gasteiger partial charge in [-0.15, -0.1) is 0 Å². The van der Waals surface area contributed by atoms with Crippen LogP contribution in [0.3, 0.4) is 0 Å². The number of hydrogen-bond acceptors (Lipinski definition) is 2. The van der Waals surface area contributed by atoms with Gasteiger partial charge in [-0.1, -0.05) is 26.2 Å². The molecule has 2 N–H and O–H groups in total. The Labute approximate surface area is 123 Å². The first-order chi connectivity index (χ1) is 9.76. The van der Waals surface area contributed by atoms with Crippen molar-refractivity contribution < 1.29 is 4.74 Å². The fourth-order valence-corrected chi connectivity index (χ4v) is 3.87. The molecule has 0 aromatic carbocycles. The van der Waals surface area contributed by atoms with E-state index in [0.717, 1.165) is 32.0 Å². The average molecular weight is 281 g/mol. The third-order valence-corrected chi connectivity index (χ3v) is 5.01. The van der Waals surface area contributed by atoms with E-state index in [0.29, 0.717) is 17.6 Å². The van der Waals surface area contributed by atoms with Crippen LogP contribution in [0.25, 0.3) is 0 Å². The van der Waals surface area contributed by atoms with Gasteiger partial charge in [-0.3, -0.25) is 4.99 Å². The Kier molecular flexibility index (Phi) is 5.70. The summed E-state index contributed by atoms with van der Waals surface area (Å²) in [6.07, 6.45) is 9.40. The molecule has 0 aliphatic heterocycles. The number of rotatable bonds is 5. The number of nitrogens with one attached hydrogen (secondary N) is 2. The third kappa shape index (κ3) is 3.11. The maximum atomic E-state index is 6.00. The van der Waals surface area contributed by atoms with Gasteiger partial charge in [-0.2, -0.15) is 0 Å². The second-order valence-corrected chi connectivity index (χ2v) is 6.17. The highest BCUT2D eigenvalue weighted by Crippen LogP contribution is 2.53. The van der Waals surface area contributed by atoms with Gasteiger partial charge in [0.15, 0.2) is 5.96 Å². The quantitative estimate of drug-likeness (QED) is 0.601. The maximum absolute atomic E-state index is 6.00. The Morgan fingerprint density at radius 3 is 2.60 bits per heavy atom. The zero-order valence-corrected chi connectivity index (χ0v) is 13.4. The fourth-order valence-electron chi connectivity index (χ4n) is 3.87. The van der Waals surface area contributed by atoms with E-state index in [4.69, 9.17) is 4.74 Å². The number of ether oxygens (including phenoxy) is 1. The molecule has 0 amide bonds. The molecule has 4 nitrogen and oxygen atoms in total. The van der Waals surface area contributed by atoms with Crippen molar-refractivity contribution in [3.8, 4) is 0 Å². The Morgan fingerprint density at radius 1 is 1.25 bits per heavy atom. The van der Waals surface area contributed by atoms with Crippen LogP contribution in [0.5, 0.6) is 0 Å². The topological polar surface area (TPSA) is 45.7 Å². The molecule has 2 aliphatic carbocycles. The molecule has 2 saturated carbocycles. The van der Waals surface area contributed by atoms with Gasteiger partial charge in [0.05, 0.1) is 6.10 Å². The molecule has 2 fully saturated rings. The first-order valence-electron chi connectivity index (χ1n) is 8.35. The van der Waals surface area contributed by atoms with Gasteiger partial charge in [-0.25, -0.2) is 0 Å². The molecule has 0 heterocycles. The number of nitrogens with zero attached hydrogens (tertiary/aromatic N) is 1. The van der Waals surface area contributed by atoms with Crippen LogP contribution in [0.2, 0.25) is 0 Å². The molecule has 0 bridgehead atoms. The molecule has 2 rings (SSSR count). The predicted molar refractivity (Wildman–Crippen MR) is 84.1 cm³/mol. The van der Waals surface area contributed by atoms with Crippen molar-refractivity contribution >= 4 is 5.96 Å². The van der Waals surface area contributed by atoms with E-state index < -0.39 is 0 Å². The first kappa shape index (κ1) is 15.6. The van der Waals surface area contributed by atoms with Crippen LogP contribution >= 0.6 is 0 Å². The molecular weight excluding hydrogens is 250 g/mol. The zero-order chi connectivity index (χ0) is 14.4. The van der Waals surface area contributed by atoms with Crippen LogP contribution in [0.1, 0.15) is 58.8 Å². The molecule has 2 aliphatic rings. The highest BCUT2D eigenvalue weighted by molar-refractivity contribution is 5.80. The summed E-state index contributed by atoms with van der Waals surface area (Å²) in [6.45, 7) is 6.10. The molecular formula is C16H31N3O. The SMILES string of the molecule is CCCNC(=NC)NC1CC(OCC)C12CCCCC2. The summed E-state index contributed by atoms with van der Waals surface area (Å²) in [5.41, 5.74) is 0.359. The molecule has 0 aromatic heterocycles. The minimum Gasteiger partial charge on any atom is -0.378 e. The van der Waals surface area contributed by atoms with Gasteiger partial charge in [0.25, 0.3) is 0 Å². The summed E-state index contributed by atoms with van der Waals surface area (Å²) in [5, 5.41) is 7.03. The smallest absolute Gasteiger partial charge is 0.191 e. The number of guanidine groups is 1. The minimum atomic E-state index is 0.359. The Bertz CT molecular complexity index is 324. The van der Waals surface area contributed by atoms with Crippen molar-refractivity contribution in [3.05, 3.63) is 0 Å². The fraction of sp³-hybridized carbons (Fsp3) is 0.938. The second kappa shape index (κ2) is 7.30. The Morgan fingerprint density at radius 2 is 2.00 bits per heavy atom. The van der Waals surface area contributed by atoms with Crippen LogP contribution in [0.15, 0.2) is 4.99 Å². The lowest BCUT2D eigenvalue weighted by Crippen LogP contribution is -2.66. The summed E-state index contributed by atoms with van der Waals surface area (Å²) in [6, 6.07) is 0.530. The lowest BCUT2D eigenvalue weighted by atomic mass is 9.55. The molecule has 116 valence electrons. The van der Waals surface area contributed by atoms with Crippen LogP contribution in [-0.2, 0) is 4.74 Å². The number of hydrogen-bond donors (Lipinski definition) is 2. The van der Waals surface area contributed by atoms with Crippen molar-refractivity contribution in [1.82, 2.24) is 10.6 Å².